The Balaban J connectivity index is 1.49. The molecule has 1 aliphatic rings. The molecular weight excluding hydrogens is 373 g/mol. The van der Waals surface area contributed by atoms with E-state index in [1.165, 1.54) is 4.90 Å². The van der Waals surface area contributed by atoms with Gasteiger partial charge in [0, 0.05) is 25.6 Å². The second-order valence-electron chi connectivity index (χ2n) is 6.98. The Labute approximate surface area is 167 Å². The fourth-order valence-electron chi connectivity index (χ4n) is 3.45. The van der Waals surface area contributed by atoms with E-state index in [0.717, 1.165) is 11.1 Å². The molecular formula is C21H20FN5O2. The molecule has 0 bridgehead atoms. The largest absolute Gasteiger partial charge is 0.335 e. The second kappa shape index (κ2) is 7.83. The van der Waals surface area contributed by atoms with Gasteiger partial charge in [-0.3, -0.25) is 9.59 Å². The maximum absolute atomic E-state index is 14.9. The fraction of sp³-hybridized carbons (Fsp3) is 0.238. The lowest BCUT2D eigenvalue weighted by molar-refractivity contribution is -0.121. The number of carbonyl (C=O) groups excluding carboxylic acids is 2. The van der Waals surface area contributed by atoms with Crippen molar-refractivity contribution in [1.82, 2.24) is 20.5 Å². The third-order valence-corrected chi connectivity index (χ3v) is 4.98. The Morgan fingerprint density at radius 2 is 1.90 bits per heavy atom. The Hall–Kier alpha value is -3.55. The monoisotopic (exact) mass is 393 g/mol. The van der Waals surface area contributed by atoms with Gasteiger partial charge in [-0.25, -0.2) is 4.39 Å². The van der Waals surface area contributed by atoms with Crippen LogP contribution in [0.1, 0.15) is 27.6 Å². The van der Waals surface area contributed by atoms with E-state index in [0.29, 0.717) is 17.9 Å². The summed E-state index contributed by atoms with van der Waals surface area (Å²) >= 11 is 0. The van der Waals surface area contributed by atoms with E-state index in [1.807, 2.05) is 30.3 Å². The number of anilines is 1. The molecule has 0 spiro atoms. The minimum absolute atomic E-state index is 0.0346. The van der Waals surface area contributed by atoms with E-state index in [2.05, 4.69) is 20.5 Å². The van der Waals surface area contributed by atoms with Crippen LogP contribution in [0.3, 0.4) is 0 Å². The highest BCUT2D eigenvalue weighted by atomic mass is 19.1. The Morgan fingerprint density at radius 3 is 2.69 bits per heavy atom. The Kier molecular flexibility index (Phi) is 5.07. The molecule has 0 saturated heterocycles. The molecule has 1 unspecified atom stereocenters. The molecule has 0 saturated carbocycles. The van der Waals surface area contributed by atoms with Gasteiger partial charge in [-0.2, -0.15) is 0 Å². The topological polar surface area (TPSA) is 91.0 Å². The number of nitrogens with zero attached hydrogens (tertiary/aromatic N) is 3. The number of likely N-dealkylation sites (N-methyl/N-ethyl adjacent to an activating group) is 1. The zero-order chi connectivity index (χ0) is 20.4. The van der Waals surface area contributed by atoms with Crippen LogP contribution in [-0.4, -0.2) is 46.3 Å². The van der Waals surface area contributed by atoms with Crippen LogP contribution in [-0.2, 0) is 17.6 Å². The molecule has 4 rings (SSSR count). The van der Waals surface area contributed by atoms with Gasteiger partial charge in [0.2, 0.25) is 5.82 Å². The predicted molar refractivity (Wildman–Crippen MR) is 105 cm³/mol. The summed E-state index contributed by atoms with van der Waals surface area (Å²) in [5, 5.41) is 10.3. The number of hydrogen-bond donors (Lipinski definition) is 2. The van der Waals surface area contributed by atoms with Gasteiger partial charge < -0.3 is 15.2 Å². The van der Waals surface area contributed by atoms with Crippen LogP contribution in [0.5, 0.6) is 0 Å². The molecule has 2 atom stereocenters. The van der Waals surface area contributed by atoms with E-state index < -0.39 is 24.0 Å². The van der Waals surface area contributed by atoms with Crippen molar-refractivity contribution in [1.29, 1.82) is 0 Å². The number of carbonyl (C=O) groups is 2. The van der Waals surface area contributed by atoms with E-state index in [-0.39, 0.29) is 12.2 Å². The van der Waals surface area contributed by atoms with Crippen molar-refractivity contribution < 1.29 is 14.0 Å². The first-order chi connectivity index (χ1) is 14.0. The summed E-state index contributed by atoms with van der Waals surface area (Å²) in [5.41, 5.74) is 2.37. The predicted octanol–water partition coefficient (Wildman–Crippen LogP) is 2.05. The number of nitrogens with one attached hydrogen (secondary N) is 2. The number of alkyl halides is 1. The average molecular weight is 393 g/mol. The first kappa shape index (κ1) is 18.8. The van der Waals surface area contributed by atoms with Gasteiger partial charge in [0.1, 0.15) is 18.0 Å². The lowest BCUT2D eigenvalue weighted by atomic mass is 10.0. The van der Waals surface area contributed by atoms with Crippen LogP contribution < -0.4 is 10.2 Å². The van der Waals surface area contributed by atoms with Gasteiger partial charge in [0.15, 0.2) is 0 Å². The number of benzene rings is 2. The van der Waals surface area contributed by atoms with Crippen LogP contribution in [0.25, 0.3) is 0 Å². The van der Waals surface area contributed by atoms with Gasteiger partial charge in [0.05, 0.1) is 0 Å². The third kappa shape index (κ3) is 3.87. The van der Waals surface area contributed by atoms with E-state index >= 15 is 0 Å². The van der Waals surface area contributed by atoms with E-state index in [1.54, 1.807) is 31.3 Å². The van der Waals surface area contributed by atoms with Crippen LogP contribution in [0.2, 0.25) is 0 Å². The number of aromatic amines is 1. The first-order valence-electron chi connectivity index (χ1n) is 9.29. The SMILES string of the molecule is CN1C(=O)C(NC(=O)c2nnc(Cc3ccccc3)[nH]2)[C@H](F)Cc2ccccc21. The van der Waals surface area contributed by atoms with Crippen LogP contribution in [0.4, 0.5) is 10.1 Å². The summed E-state index contributed by atoms with van der Waals surface area (Å²) in [6.07, 6.45) is -1.04. The second-order valence-corrected chi connectivity index (χ2v) is 6.98. The van der Waals surface area contributed by atoms with Gasteiger partial charge in [-0.05, 0) is 17.2 Å². The summed E-state index contributed by atoms with van der Waals surface area (Å²) in [5.74, 6) is -0.729. The van der Waals surface area contributed by atoms with Crippen LogP contribution in [0, 0.1) is 0 Å². The molecule has 148 valence electrons. The number of para-hydroxylation sites is 1. The molecule has 2 aromatic carbocycles. The summed E-state index contributed by atoms with van der Waals surface area (Å²) in [6, 6.07) is 15.4. The highest BCUT2D eigenvalue weighted by Crippen LogP contribution is 2.27. The fourth-order valence-corrected chi connectivity index (χ4v) is 3.45. The molecule has 7 nitrogen and oxygen atoms in total. The lowest BCUT2D eigenvalue weighted by Gasteiger charge is -2.22. The molecule has 0 aliphatic carbocycles. The quantitative estimate of drug-likeness (QED) is 0.710. The number of halogens is 1. The Morgan fingerprint density at radius 1 is 1.17 bits per heavy atom. The van der Waals surface area contributed by atoms with E-state index in [4.69, 9.17) is 0 Å². The summed E-state index contributed by atoms with van der Waals surface area (Å²) in [4.78, 5) is 29.6. The highest BCUT2D eigenvalue weighted by Gasteiger charge is 2.37. The number of amides is 2. The zero-order valence-electron chi connectivity index (χ0n) is 15.8. The van der Waals surface area contributed by atoms with E-state index in [9.17, 15) is 14.0 Å². The maximum atomic E-state index is 14.9. The molecule has 2 N–H and O–H groups in total. The number of fused-ring (bicyclic) bond motifs is 1. The molecule has 1 aromatic heterocycles. The Bertz CT molecular complexity index is 1040. The summed E-state index contributed by atoms with van der Waals surface area (Å²) < 4.78 is 14.9. The summed E-state index contributed by atoms with van der Waals surface area (Å²) in [7, 11) is 1.57. The minimum Gasteiger partial charge on any atom is -0.335 e. The van der Waals surface area contributed by atoms with Crippen molar-refractivity contribution in [3.8, 4) is 0 Å². The minimum atomic E-state index is -1.55. The molecule has 0 fully saturated rings. The van der Waals surface area contributed by atoms with Crippen molar-refractivity contribution in [3.63, 3.8) is 0 Å². The van der Waals surface area contributed by atoms with Crippen molar-refractivity contribution in [3.05, 3.63) is 77.4 Å². The third-order valence-electron chi connectivity index (χ3n) is 4.98. The molecule has 2 heterocycles. The normalized spacial score (nSPS) is 18.8. The van der Waals surface area contributed by atoms with Crippen molar-refractivity contribution in [2.24, 2.45) is 0 Å². The molecule has 0 radical (unpaired) electrons. The standard InChI is InChI=1S/C21H20FN5O2/c1-27-16-10-6-5-9-14(16)12-15(22)18(21(27)29)24-20(28)19-23-17(25-26-19)11-13-7-3-2-4-8-13/h2-10,15,18H,11-12H2,1H3,(H,24,28)(H,23,25,26)/t15-,18?/m1/s1. The van der Waals surface area contributed by atoms with Gasteiger partial charge in [0.25, 0.3) is 11.8 Å². The van der Waals surface area contributed by atoms with Crippen molar-refractivity contribution >= 4 is 17.5 Å². The lowest BCUT2D eigenvalue weighted by Crippen LogP contribution is -2.52. The molecule has 3 aromatic rings. The van der Waals surface area contributed by atoms with Gasteiger partial charge in [-0.15, -0.1) is 10.2 Å². The molecule has 2 amide bonds. The summed E-state index contributed by atoms with van der Waals surface area (Å²) in [6.45, 7) is 0. The number of aromatic nitrogens is 3. The van der Waals surface area contributed by atoms with Crippen LogP contribution in [0.15, 0.2) is 54.6 Å². The molecule has 8 heteroatoms. The van der Waals surface area contributed by atoms with Gasteiger partial charge >= 0.3 is 0 Å². The average Bonchev–Trinajstić information content (AvgIpc) is 3.17. The maximum Gasteiger partial charge on any atom is 0.289 e. The number of rotatable bonds is 4. The van der Waals surface area contributed by atoms with Crippen molar-refractivity contribution in [2.45, 2.75) is 25.1 Å². The highest BCUT2D eigenvalue weighted by molar-refractivity contribution is 6.02. The number of hydrogen-bond acceptors (Lipinski definition) is 4. The molecule has 1 aliphatic heterocycles. The van der Waals surface area contributed by atoms with Crippen LogP contribution >= 0.6 is 0 Å². The smallest absolute Gasteiger partial charge is 0.289 e. The van der Waals surface area contributed by atoms with Gasteiger partial charge in [-0.1, -0.05) is 48.5 Å². The zero-order valence-corrected chi connectivity index (χ0v) is 15.8. The number of H-pyrrole nitrogens is 1. The van der Waals surface area contributed by atoms with Crippen molar-refractivity contribution in [2.75, 3.05) is 11.9 Å². The molecule has 29 heavy (non-hydrogen) atoms. The first-order valence-corrected chi connectivity index (χ1v) is 9.29.